The lowest BCUT2D eigenvalue weighted by Gasteiger charge is -2.23. The average molecular weight is 244 g/mol. The molecule has 0 fully saturated rings. The molecule has 0 aromatic rings. The fourth-order valence-electron chi connectivity index (χ4n) is 0.963. The van der Waals surface area contributed by atoms with Crippen molar-refractivity contribution in [2.75, 3.05) is 13.7 Å². The van der Waals surface area contributed by atoms with Gasteiger partial charge in [-0.05, 0) is 20.3 Å². The molecular formula is C11H20N2O4. The van der Waals surface area contributed by atoms with Crippen LogP contribution in [0.2, 0.25) is 0 Å². The molecule has 6 nitrogen and oxygen atoms in total. The predicted octanol–water partition coefficient (Wildman–Crippen LogP) is 0.740. The third-order valence-corrected chi connectivity index (χ3v) is 2.23. The summed E-state index contributed by atoms with van der Waals surface area (Å²) in [5.41, 5.74) is -0.492. The topological polar surface area (TPSA) is 87.7 Å². The van der Waals surface area contributed by atoms with Crippen molar-refractivity contribution in [3.63, 3.8) is 0 Å². The second-order valence-corrected chi connectivity index (χ2v) is 4.21. The summed E-state index contributed by atoms with van der Waals surface area (Å²) < 4.78 is 5.11. The van der Waals surface area contributed by atoms with E-state index in [1.54, 1.807) is 0 Å². The molecule has 0 aliphatic rings. The number of aliphatic carboxylic acids is 1. The molecular weight excluding hydrogens is 224 g/mol. The highest BCUT2D eigenvalue weighted by Crippen LogP contribution is 2.04. The van der Waals surface area contributed by atoms with E-state index in [4.69, 9.17) is 9.84 Å². The second kappa shape index (κ2) is 6.90. The van der Waals surface area contributed by atoms with E-state index in [-0.39, 0.29) is 13.0 Å². The van der Waals surface area contributed by atoms with Crippen LogP contribution in [0, 0.1) is 0 Å². The molecule has 0 aliphatic heterocycles. The molecule has 1 unspecified atom stereocenters. The molecule has 1 atom stereocenters. The van der Waals surface area contributed by atoms with Crippen LogP contribution < -0.4 is 10.6 Å². The summed E-state index contributed by atoms with van der Waals surface area (Å²) in [6.07, 6.45) is 1.62. The highest BCUT2D eigenvalue weighted by atomic mass is 16.5. The number of nitrogens with one attached hydrogen (secondary N) is 2. The van der Waals surface area contributed by atoms with Crippen molar-refractivity contribution in [3.05, 3.63) is 12.7 Å². The van der Waals surface area contributed by atoms with E-state index < -0.39 is 23.6 Å². The molecule has 0 heterocycles. The molecule has 98 valence electrons. The molecule has 0 saturated carbocycles. The van der Waals surface area contributed by atoms with Crippen molar-refractivity contribution in [1.29, 1.82) is 0 Å². The third kappa shape index (κ3) is 6.57. The first kappa shape index (κ1) is 15.4. The lowest BCUT2D eigenvalue weighted by molar-refractivity contribution is -0.139. The van der Waals surface area contributed by atoms with Crippen LogP contribution in [0.15, 0.2) is 12.7 Å². The lowest BCUT2D eigenvalue weighted by atomic mass is 10.1. The van der Waals surface area contributed by atoms with Gasteiger partial charge in [-0.25, -0.2) is 9.59 Å². The number of hydrogen-bond donors (Lipinski definition) is 3. The van der Waals surface area contributed by atoms with Gasteiger partial charge in [-0.2, -0.15) is 0 Å². The summed E-state index contributed by atoms with van der Waals surface area (Å²) in [7, 11) is 1.54. The number of carboxylic acids is 1. The lowest BCUT2D eigenvalue weighted by Crippen LogP contribution is -2.49. The third-order valence-electron chi connectivity index (χ3n) is 2.23. The van der Waals surface area contributed by atoms with Crippen LogP contribution in [0.1, 0.15) is 20.3 Å². The molecule has 2 amide bonds. The van der Waals surface area contributed by atoms with Crippen molar-refractivity contribution in [1.82, 2.24) is 10.6 Å². The van der Waals surface area contributed by atoms with Gasteiger partial charge in [0.25, 0.3) is 0 Å². The summed E-state index contributed by atoms with van der Waals surface area (Å²) in [4.78, 5) is 22.2. The zero-order valence-electron chi connectivity index (χ0n) is 10.4. The van der Waals surface area contributed by atoms with Crippen molar-refractivity contribution < 1.29 is 19.4 Å². The minimum atomic E-state index is -1.09. The van der Waals surface area contributed by atoms with Crippen LogP contribution in [0.5, 0.6) is 0 Å². The van der Waals surface area contributed by atoms with Gasteiger partial charge in [-0.3, -0.25) is 0 Å². The molecule has 0 aliphatic carbocycles. The Morgan fingerprint density at radius 2 is 2.12 bits per heavy atom. The minimum absolute atomic E-state index is 0.177. The van der Waals surface area contributed by atoms with E-state index in [1.807, 2.05) is 13.8 Å². The number of carbonyl (C=O) groups excluding carboxylic acids is 1. The van der Waals surface area contributed by atoms with Gasteiger partial charge in [-0.1, -0.05) is 6.08 Å². The van der Waals surface area contributed by atoms with Crippen LogP contribution in [-0.4, -0.2) is 42.4 Å². The van der Waals surface area contributed by atoms with Gasteiger partial charge < -0.3 is 20.5 Å². The smallest absolute Gasteiger partial charge is 0.326 e. The maximum absolute atomic E-state index is 11.4. The fraction of sp³-hybridized carbons (Fsp3) is 0.636. The largest absolute Gasteiger partial charge is 0.480 e. The first-order chi connectivity index (χ1) is 7.82. The Morgan fingerprint density at radius 1 is 1.53 bits per heavy atom. The Kier molecular flexibility index (Phi) is 6.27. The van der Waals surface area contributed by atoms with Crippen molar-refractivity contribution >= 4 is 12.0 Å². The first-order valence-corrected chi connectivity index (χ1v) is 5.25. The zero-order valence-corrected chi connectivity index (χ0v) is 10.4. The number of carbonyl (C=O) groups is 2. The monoisotopic (exact) mass is 244 g/mol. The van der Waals surface area contributed by atoms with Crippen LogP contribution in [-0.2, 0) is 9.53 Å². The van der Waals surface area contributed by atoms with Gasteiger partial charge in [0, 0.05) is 13.7 Å². The maximum Gasteiger partial charge on any atom is 0.326 e. The van der Waals surface area contributed by atoms with Gasteiger partial charge in [0.05, 0.1) is 5.60 Å². The number of hydrogen-bond acceptors (Lipinski definition) is 3. The number of carboxylic acid groups (broad SMARTS) is 1. The highest BCUT2D eigenvalue weighted by Gasteiger charge is 2.21. The predicted molar refractivity (Wildman–Crippen MR) is 63.9 cm³/mol. The van der Waals surface area contributed by atoms with Crippen molar-refractivity contribution in [3.8, 4) is 0 Å². The van der Waals surface area contributed by atoms with Crippen molar-refractivity contribution in [2.45, 2.75) is 31.9 Å². The van der Waals surface area contributed by atoms with Gasteiger partial charge in [-0.15, -0.1) is 6.58 Å². The summed E-state index contributed by atoms with van der Waals surface area (Å²) in [6, 6.07) is -1.50. The van der Waals surface area contributed by atoms with E-state index in [0.717, 1.165) is 0 Å². The number of methoxy groups -OCH3 is 1. The van der Waals surface area contributed by atoms with Crippen LogP contribution in [0.25, 0.3) is 0 Å². The highest BCUT2D eigenvalue weighted by molar-refractivity contribution is 5.82. The van der Waals surface area contributed by atoms with Gasteiger partial charge in [0.2, 0.25) is 0 Å². The van der Waals surface area contributed by atoms with Crippen LogP contribution >= 0.6 is 0 Å². The van der Waals surface area contributed by atoms with Crippen molar-refractivity contribution in [2.24, 2.45) is 0 Å². The Hall–Kier alpha value is -1.56. The molecule has 17 heavy (non-hydrogen) atoms. The maximum atomic E-state index is 11.4. The summed E-state index contributed by atoms with van der Waals surface area (Å²) in [6.45, 7) is 7.34. The molecule has 0 aromatic carbocycles. The minimum Gasteiger partial charge on any atom is -0.480 e. The Morgan fingerprint density at radius 3 is 2.53 bits per heavy atom. The summed E-state index contributed by atoms with van der Waals surface area (Å²) >= 11 is 0. The number of ether oxygens (including phenoxy) is 1. The Balaban J connectivity index is 4.15. The Bertz CT molecular complexity index is 289. The number of urea groups is 1. The molecule has 0 spiro atoms. The number of amides is 2. The molecule has 0 saturated heterocycles. The molecule has 0 aromatic heterocycles. The van der Waals surface area contributed by atoms with E-state index in [9.17, 15) is 9.59 Å². The van der Waals surface area contributed by atoms with Gasteiger partial charge >= 0.3 is 12.0 Å². The van der Waals surface area contributed by atoms with E-state index in [2.05, 4.69) is 17.2 Å². The SMILES string of the molecule is C=CCC(NC(=O)NCC(C)(C)OC)C(=O)O. The molecule has 3 N–H and O–H groups in total. The quantitative estimate of drug-likeness (QED) is 0.576. The van der Waals surface area contributed by atoms with Crippen LogP contribution in [0.4, 0.5) is 4.79 Å². The normalized spacial score (nSPS) is 12.6. The van der Waals surface area contributed by atoms with Crippen LogP contribution in [0.3, 0.4) is 0 Å². The van der Waals surface area contributed by atoms with Gasteiger partial charge in [0.15, 0.2) is 0 Å². The second-order valence-electron chi connectivity index (χ2n) is 4.21. The first-order valence-electron chi connectivity index (χ1n) is 5.25. The summed E-state index contributed by atoms with van der Waals surface area (Å²) in [5, 5.41) is 13.7. The fourth-order valence-corrected chi connectivity index (χ4v) is 0.963. The van der Waals surface area contributed by atoms with E-state index >= 15 is 0 Å². The Labute approximate surface area is 101 Å². The molecule has 6 heteroatoms. The molecule has 0 radical (unpaired) electrons. The van der Waals surface area contributed by atoms with E-state index in [0.29, 0.717) is 0 Å². The molecule has 0 bridgehead atoms. The molecule has 0 rings (SSSR count). The van der Waals surface area contributed by atoms with E-state index in [1.165, 1.54) is 13.2 Å². The zero-order chi connectivity index (χ0) is 13.5. The average Bonchev–Trinajstić information content (AvgIpc) is 2.26. The number of rotatable bonds is 7. The summed E-state index contributed by atoms with van der Waals surface area (Å²) in [5.74, 6) is -1.09. The standard InChI is InChI=1S/C11H20N2O4/c1-5-6-8(9(14)15)13-10(16)12-7-11(2,3)17-4/h5,8H,1,6-7H2,2-4H3,(H,14,15)(H2,12,13,16). The van der Waals surface area contributed by atoms with Gasteiger partial charge in [0.1, 0.15) is 6.04 Å².